The van der Waals surface area contributed by atoms with Gasteiger partial charge in [0.2, 0.25) is 0 Å². The van der Waals surface area contributed by atoms with Gasteiger partial charge in [-0.2, -0.15) is 0 Å². The molecule has 10 rings (SSSR count). The number of ether oxygens (including phenoxy) is 5. The van der Waals surface area contributed by atoms with Gasteiger partial charge in [0.25, 0.3) is 11.8 Å². The number of hydrogen-bond acceptors (Lipinski definition) is 19. The minimum atomic E-state index is -1.25. The van der Waals surface area contributed by atoms with Crippen LogP contribution in [0.25, 0.3) is 0 Å². The van der Waals surface area contributed by atoms with Crippen molar-refractivity contribution in [3.8, 4) is 0 Å². The topological polar surface area (TPSA) is 376 Å². The number of benzene rings is 6. The van der Waals surface area contributed by atoms with Crippen LogP contribution >= 0.6 is 15.9 Å². The van der Waals surface area contributed by atoms with Crippen LogP contribution < -0.4 is 51.7 Å². The molecule has 0 radical (unpaired) electrons. The number of carboxylic acid groups (broad SMARTS) is 1. The standard InChI is InChI=1S/C27H29F2N3O5.C15H19F2NO4.C14H17F2NO4.C12H13N3O2.C7H7F2N.C3H5BrO2.Na.H2O/c1-26(2,3)37-25(36)32(14-17-8-20(28)11-21(29)9-17)15-22(33)10-16-5-6-18-12-27(13-19(18)7-16)23(34)30-24(35)31(27)4;1-15(2,3)22-14(20)18(9-13(19)21-4)8-10-5-11(16)7-12(17)6-10;1-14(2,3)21-13(20)17(8-12(18)19)7-9-4-10(15)6-11(16)5-9;1-15-11(17)14-10(16)12(15)5-7-2-3-9(13)4-8(7)6-12;8-6-1-5(4-10)2-7(9)3-6;1-6-3(5)2-4;;/h5-9,11H,10,12-15H2,1-4H3,(H,30,34,35);5-7H,8-9H2,1-4H3;4-6H,7-8H2,1-3H3,(H,18,19);2-4H,5-6,13H2,1H3,(H,14,16,17);1-3H,4,10H2;2H2,1H3;;1H2/q;;;;;;+1;/p-1/t27-;;;12-;;;;/m0..0..../s1. The van der Waals surface area contributed by atoms with Crippen molar-refractivity contribution in [2.24, 2.45) is 5.73 Å². The summed E-state index contributed by atoms with van der Waals surface area (Å²) in [5.41, 5.74) is 13.1. The van der Waals surface area contributed by atoms with Gasteiger partial charge < -0.3 is 55.5 Å². The zero-order chi connectivity index (χ0) is 85.0. The summed E-state index contributed by atoms with van der Waals surface area (Å²) >= 11 is 2.90. The van der Waals surface area contributed by atoms with Crippen LogP contribution in [0.2, 0.25) is 0 Å². The largest absolute Gasteiger partial charge is 1.00 e. The van der Waals surface area contributed by atoms with Gasteiger partial charge in [0.05, 0.1) is 20.8 Å². The number of carbonyl (C=O) groups is 11. The predicted octanol–water partition coefficient (Wildman–Crippen LogP) is 8.29. The average molecular weight is 1700 g/mol. The number of halogens is 9. The molecule has 2 saturated heterocycles. The van der Waals surface area contributed by atoms with Crippen molar-refractivity contribution >= 4 is 87.5 Å². The maximum atomic E-state index is 13.7. The third kappa shape index (κ3) is 30.8. The molecule has 620 valence electrons. The number of nitrogens with two attached hydrogens (primary N) is 2. The summed E-state index contributed by atoms with van der Waals surface area (Å²) < 4.78 is 129. The number of nitrogens with one attached hydrogen (secondary N) is 2. The number of aliphatic carboxylic acids is 1. The second-order valence-electron chi connectivity index (χ2n) is 29.3. The number of methoxy groups -OCH3 is 2. The van der Waals surface area contributed by atoms with E-state index in [1.165, 1.54) is 36.2 Å². The molecule has 2 spiro atoms. The van der Waals surface area contributed by atoms with Gasteiger partial charge in [0, 0.05) is 102 Å². The molecule has 0 bridgehead atoms. The van der Waals surface area contributed by atoms with E-state index in [-0.39, 0.29) is 132 Å². The molecule has 2 atom stereocenters. The Morgan fingerprint density at radius 2 is 0.783 bits per heavy atom. The molecule has 0 saturated carbocycles. The molecule has 27 nitrogen and oxygen atoms in total. The smallest absolute Gasteiger partial charge is 0.870 e. The molecule has 6 aromatic rings. The summed E-state index contributed by atoms with van der Waals surface area (Å²) in [6, 6.07) is 22.2. The summed E-state index contributed by atoms with van der Waals surface area (Å²) in [4.78, 5) is 136. The first kappa shape index (κ1) is 98.9. The van der Waals surface area contributed by atoms with Gasteiger partial charge in [-0.15, -0.1) is 0 Å². The Bertz CT molecular complexity index is 4450. The maximum Gasteiger partial charge on any atom is 1.00 e. The zero-order valence-electron chi connectivity index (χ0n) is 65.8. The minimum Gasteiger partial charge on any atom is -0.870 e. The summed E-state index contributed by atoms with van der Waals surface area (Å²) in [6.07, 6.45) is -0.580. The van der Waals surface area contributed by atoms with Crippen molar-refractivity contribution in [2.45, 2.75) is 148 Å². The number of carbonyl (C=O) groups excluding carboxylic acids is 10. The van der Waals surface area contributed by atoms with Gasteiger partial charge >= 0.3 is 77.8 Å². The maximum absolute atomic E-state index is 13.7. The first-order valence-corrected chi connectivity index (χ1v) is 35.6. The quantitative estimate of drug-likeness (QED) is 0.0116. The van der Waals surface area contributed by atoms with Crippen LogP contribution in [0.3, 0.4) is 0 Å². The Morgan fingerprint density at radius 3 is 1.08 bits per heavy atom. The number of ketones is 1. The number of esters is 2. The van der Waals surface area contributed by atoms with Gasteiger partial charge in [-0.25, -0.2) is 59.1 Å². The monoisotopic (exact) mass is 1700 g/mol. The van der Waals surface area contributed by atoms with E-state index >= 15 is 0 Å². The number of imide groups is 2. The molecule has 2 fully saturated rings. The van der Waals surface area contributed by atoms with Crippen LogP contribution in [0.5, 0.6) is 0 Å². The fourth-order valence-corrected chi connectivity index (χ4v) is 11.8. The van der Waals surface area contributed by atoms with E-state index < -0.39 is 117 Å². The second kappa shape index (κ2) is 42.9. The van der Waals surface area contributed by atoms with Crippen molar-refractivity contribution in [3.05, 3.63) is 206 Å². The van der Waals surface area contributed by atoms with Crippen LogP contribution in [-0.4, -0.2) is 182 Å². The number of carboxylic acids is 1. The normalized spacial score (nSPS) is 15.3. The third-order valence-electron chi connectivity index (χ3n) is 16.6. The Kier molecular flexibility index (Phi) is 36.9. The minimum absolute atomic E-state index is 0. The van der Waals surface area contributed by atoms with Crippen LogP contribution in [0, 0.1) is 46.5 Å². The van der Waals surface area contributed by atoms with E-state index in [9.17, 15) is 87.9 Å². The van der Waals surface area contributed by atoms with Gasteiger partial charge in [-0.05, 0) is 173 Å². The molecule has 2 aliphatic carbocycles. The summed E-state index contributed by atoms with van der Waals surface area (Å²) in [7, 11) is 5.78. The average Bonchev–Trinajstić information content (AvgIpc) is 1.59. The van der Waals surface area contributed by atoms with E-state index in [0.717, 1.165) is 91.6 Å². The molecule has 8 N–H and O–H groups in total. The number of amides is 9. The fraction of sp³-hybridized carbons (Fsp3) is 0.397. The molecule has 9 amide bonds. The van der Waals surface area contributed by atoms with Crippen LogP contribution in [0.4, 0.5) is 64.8 Å². The van der Waals surface area contributed by atoms with E-state index in [4.69, 9.17) is 30.8 Å². The number of anilines is 1. The Labute approximate surface area is 689 Å². The second-order valence-corrected chi connectivity index (χ2v) is 29.8. The molecule has 115 heavy (non-hydrogen) atoms. The molecule has 6 aromatic carbocycles. The number of rotatable bonds is 16. The molecule has 37 heteroatoms. The van der Waals surface area contributed by atoms with Crippen LogP contribution in [-0.2, 0) is 111 Å². The first-order valence-electron chi connectivity index (χ1n) is 34.5. The van der Waals surface area contributed by atoms with Gasteiger partial charge in [-0.3, -0.25) is 54.1 Å². The Morgan fingerprint density at radius 1 is 0.470 bits per heavy atom. The number of nitrogen functional groups attached to an aromatic ring is 1. The number of Topliss-reactive ketones (excluding diaryl/α,β-unsaturated/α-hetero) is 1. The first-order chi connectivity index (χ1) is 52.5. The van der Waals surface area contributed by atoms with Crippen molar-refractivity contribution in [1.29, 1.82) is 0 Å². The van der Waals surface area contributed by atoms with E-state index in [1.54, 1.807) is 82.5 Å². The summed E-state index contributed by atoms with van der Waals surface area (Å²) in [6.45, 7) is 13.1. The van der Waals surface area contributed by atoms with Gasteiger partial charge in [-0.1, -0.05) is 40.2 Å². The van der Waals surface area contributed by atoms with Crippen LogP contribution in [0.15, 0.2) is 109 Å². The van der Waals surface area contributed by atoms with Crippen molar-refractivity contribution < 1.29 is 152 Å². The Balaban J connectivity index is 0.000000383. The zero-order valence-corrected chi connectivity index (χ0v) is 69.4. The molecule has 0 unspecified atom stereocenters. The summed E-state index contributed by atoms with van der Waals surface area (Å²) in [5.74, 6) is -8.88. The molecule has 0 aromatic heterocycles. The molecular formula is C78H91BrF8N9NaO18. The fourth-order valence-electron chi connectivity index (χ4n) is 11.5. The SMILES string of the molecule is CC(C)(C)OC(=O)N(CC(=O)O)Cc1cc(F)cc(F)c1.CN1C(=O)NC(=O)[C@@]12Cc1ccc(CC(=O)CN(Cc3cc(F)cc(F)c3)C(=O)OC(C)(C)C)cc1C2.CN1C(=O)NC(=O)[C@@]12Cc1ccc(N)cc1C2.COC(=O)CBr.COC(=O)CN(Cc1cc(F)cc(F)c1)C(=O)OC(C)(C)C.NCc1cc(F)cc(F)c1.[Na+].[OH-]. The molecule has 2 aliphatic heterocycles. The predicted molar refractivity (Wildman–Crippen MR) is 400 cm³/mol. The van der Waals surface area contributed by atoms with E-state index in [2.05, 4.69) is 36.0 Å². The van der Waals surface area contributed by atoms with Crippen molar-refractivity contribution in [3.63, 3.8) is 0 Å². The van der Waals surface area contributed by atoms with Crippen molar-refractivity contribution in [2.75, 3.05) is 59.0 Å². The Hall–Kier alpha value is -10.3. The number of nitrogens with zero attached hydrogens (tertiary/aromatic N) is 5. The number of urea groups is 2. The van der Waals surface area contributed by atoms with Crippen molar-refractivity contribution in [1.82, 2.24) is 35.1 Å². The summed E-state index contributed by atoms with van der Waals surface area (Å²) in [5, 5.41) is 13.8. The number of hydrogen-bond donors (Lipinski definition) is 5. The van der Waals surface area contributed by atoms with E-state index in [0.29, 0.717) is 48.6 Å². The molecule has 4 aliphatic rings. The van der Waals surface area contributed by atoms with Gasteiger partial charge in [0.15, 0.2) is 5.78 Å². The third-order valence-corrected chi connectivity index (χ3v) is 17.0. The molecular weight excluding hydrogens is 1610 g/mol. The van der Waals surface area contributed by atoms with Gasteiger partial charge in [0.1, 0.15) is 92.8 Å². The van der Waals surface area contributed by atoms with E-state index in [1.807, 2.05) is 30.3 Å². The molecule has 2 heterocycles. The number of likely N-dealkylation sites (N-methyl/N-ethyl adjacent to an activating group) is 2. The van der Waals surface area contributed by atoms with Crippen LogP contribution in [0.1, 0.15) is 112 Å². The number of fused-ring (bicyclic) bond motifs is 2. The number of alkyl halides is 1.